The van der Waals surface area contributed by atoms with Gasteiger partial charge in [-0.05, 0) is 0 Å². The van der Waals surface area contributed by atoms with Gasteiger partial charge in [-0.15, -0.1) is 0 Å². The van der Waals surface area contributed by atoms with Crippen molar-refractivity contribution in [2.75, 3.05) is 38.3 Å². The van der Waals surface area contributed by atoms with Crippen LogP contribution in [0, 0.1) is 0 Å². The maximum Gasteiger partial charge on any atom is 0.295 e. The van der Waals surface area contributed by atoms with Crippen LogP contribution in [0.15, 0.2) is 30.3 Å². The third-order valence-electron chi connectivity index (χ3n) is 4.76. The van der Waals surface area contributed by atoms with Gasteiger partial charge in [0.1, 0.15) is 6.61 Å². The predicted molar refractivity (Wildman–Crippen MR) is 92.3 cm³/mol. The van der Waals surface area contributed by atoms with Crippen LogP contribution in [-0.4, -0.2) is 86.2 Å². The van der Waals surface area contributed by atoms with Crippen LogP contribution < -0.4 is 0 Å². The lowest BCUT2D eigenvalue weighted by molar-refractivity contribution is -0.145. The summed E-state index contributed by atoms with van der Waals surface area (Å²) < 4.78 is 29.1. The average molecular weight is 380 g/mol. The molecule has 1 aromatic carbocycles. The fourth-order valence-electron chi connectivity index (χ4n) is 3.56. The summed E-state index contributed by atoms with van der Waals surface area (Å²) in [5.74, 6) is -2.19. The van der Waals surface area contributed by atoms with E-state index in [4.69, 9.17) is 4.74 Å². The van der Waals surface area contributed by atoms with E-state index in [0.29, 0.717) is 0 Å². The van der Waals surface area contributed by atoms with Gasteiger partial charge in [0.25, 0.3) is 5.91 Å². The molecular formula is C17H20N2O6S. The number of ketones is 1. The molecule has 3 rings (SSSR count). The molecule has 2 aliphatic rings. The smallest absolute Gasteiger partial charge is 0.295 e. The first kappa shape index (κ1) is 18.5. The summed E-state index contributed by atoms with van der Waals surface area (Å²) in [4.78, 5) is 40.2. The SMILES string of the molecule is COCC(=O)N1CCN(C(=O)C(=O)c2ccccc2)[C@H]2CS(=O)(=O)C[C@H]21. The zero-order chi connectivity index (χ0) is 18.9. The zero-order valence-electron chi connectivity index (χ0n) is 14.3. The number of carbonyl (C=O) groups is 3. The van der Waals surface area contributed by atoms with Crippen LogP contribution in [0.1, 0.15) is 10.4 Å². The average Bonchev–Trinajstić information content (AvgIpc) is 2.95. The Morgan fingerprint density at radius 3 is 2.23 bits per heavy atom. The minimum absolute atomic E-state index is 0.115. The number of sulfone groups is 1. The number of nitrogens with zero attached hydrogens (tertiary/aromatic N) is 2. The highest BCUT2D eigenvalue weighted by Gasteiger charge is 2.50. The van der Waals surface area contributed by atoms with E-state index in [-0.39, 0.29) is 42.7 Å². The second-order valence-electron chi connectivity index (χ2n) is 6.43. The minimum atomic E-state index is -3.41. The van der Waals surface area contributed by atoms with E-state index in [1.165, 1.54) is 16.9 Å². The summed E-state index contributed by atoms with van der Waals surface area (Å²) in [5, 5.41) is 0. The van der Waals surface area contributed by atoms with E-state index < -0.39 is 33.6 Å². The first-order valence-electron chi connectivity index (χ1n) is 8.23. The lowest BCUT2D eigenvalue weighted by Gasteiger charge is -2.43. The Balaban J connectivity index is 1.85. The fraction of sp³-hybridized carbons (Fsp3) is 0.471. The highest BCUT2D eigenvalue weighted by Crippen LogP contribution is 2.27. The van der Waals surface area contributed by atoms with Crippen LogP contribution >= 0.6 is 0 Å². The van der Waals surface area contributed by atoms with Gasteiger partial charge in [0.15, 0.2) is 9.84 Å². The Bertz CT molecular complexity index is 823. The lowest BCUT2D eigenvalue weighted by Crippen LogP contribution is -2.63. The highest BCUT2D eigenvalue weighted by atomic mass is 32.2. The van der Waals surface area contributed by atoms with E-state index >= 15 is 0 Å². The Hall–Kier alpha value is -2.26. The Kier molecular flexibility index (Phi) is 5.10. The van der Waals surface area contributed by atoms with Crippen molar-refractivity contribution >= 4 is 27.4 Å². The number of methoxy groups -OCH3 is 1. The van der Waals surface area contributed by atoms with Gasteiger partial charge in [0.05, 0.1) is 23.6 Å². The quantitative estimate of drug-likeness (QED) is 0.508. The number of Topliss-reactive ketones (excluding diaryl/α,β-unsaturated/α-hetero) is 1. The van der Waals surface area contributed by atoms with Crippen molar-refractivity contribution in [1.29, 1.82) is 0 Å². The van der Waals surface area contributed by atoms with Crippen LogP contribution in [0.3, 0.4) is 0 Å². The van der Waals surface area contributed by atoms with E-state index in [9.17, 15) is 22.8 Å². The molecule has 0 saturated carbocycles. The summed E-state index contributed by atoms with van der Waals surface area (Å²) in [6.07, 6.45) is 0. The molecule has 0 aliphatic carbocycles. The van der Waals surface area contributed by atoms with Gasteiger partial charge in [0.2, 0.25) is 11.7 Å². The molecule has 26 heavy (non-hydrogen) atoms. The molecule has 2 saturated heterocycles. The number of ether oxygens (including phenoxy) is 1. The maximum atomic E-state index is 12.7. The summed E-state index contributed by atoms with van der Waals surface area (Å²) in [7, 11) is -2.02. The van der Waals surface area contributed by atoms with E-state index in [1.807, 2.05) is 0 Å². The van der Waals surface area contributed by atoms with Crippen LogP contribution in [0.2, 0.25) is 0 Å². The molecule has 9 heteroatoms. The molecule has 0 unspecified atom stereocenters. The van der Waals surface area contributed by atoms with Gasteiger partial charge in [-0.3, -0.25) is 14.4 Å². The van der Waals surface area contributed by atoms with Gasteiger partial charge in [-0.25, -0.2) is 8.42 Å². The van der Waals surface area contributed by atoms with Crippen molar-refractivity contribution in [1.82, 2.24) is 9.80 Å². The topological polar surface area (TPSA) is 101 Å². The number of hydrogen-bond donors (Lipinski definition) is 0. The van der Waals surface area contributed by atoms with Crippen LogP contribution in [0.4, 0.5) is 0 Å². The van der Waals surface area contributed by atoms with E-state index in [0.717, 1.165) is 0 Å². The molecule has 2 amide bonds. The van der Waals surface area contributed by atoms with Crippen molar-refractivity contribution in [3.8, 4) is 0 Å². The van der Waals surface area contributed by atoms with Gasteiger partial charge >= 0.3 is 0 Å². The Morgan fingerprint density at radius 2 is 1.62 bits per heavy atom. The summed E-state index contributed by atoms with van der Waals surface area (Å²) >= 11 is 0. The van der Waals surface area contributed by atoms with Crippen molar-refractivity contribution in [2.24, 2.45) is 0 Å². The van der Waals surface area contributed by atoms with Gasteiger partial charge in [0, 0.05) is 25.8 Å². The summed E-state index contributed by atoms with van der Waals surface area (Å²) in [6, 6.07) is 6.78. The monoisotopic (exact) mass is 380 g/mol. The number of fused-ring (bicyclic) bond motifs is 1. The molecule has 2 fully saturated rings. The second kappa shape index (κ2) is 7.16. The first-order valence-corrected chi connectivity index (χ1v) is 10.1. The zero-order valence-corrected chi connectivity index (χ0v) is 15.1. The summed E-state index contributed by atoms with van der Waals surface area (Å²) in [5.41, 5.74) is 0.257. The van der Waals surface area contributed by atoms with Gasteiger partial charge in [-0.1, -0.05) is 30.3 Å². The normalized spacial score (nSPS) is 24.2. The fourth-order valence-corrected chi connectivity index (χ4v) is 5.55. The molecule has 1 aromatic rings. The van der Waals surface area contributed by atoms with Crippen molar-refractivity contribution < 1.29 is 27.5 Å². The first-order chi connectivity index (χ1) is 12.3. The molecule has 0 aromatic heterocycles. The molecular weight excluding hydrogens is 360 g/mol. The predicted octanol–water partition coefficient (Wildman–Crippen LogP) is -0.648. The highest BCUT2D eigenvalue weighted by molar-refractivity contribution is 7.91. The van der Waals surface area contributed by atoms with Gasteiger partial charge in [-0.2, -0.15) is 0 Å². The van der Waals surface area contributed by atoms with Crippen LogP contribution in [-0.2, 0) is 24.2 Å². The third kappa shape index (κ3) is 3.49. The number of hydrogen-bond acceptors (Lipinski definition) is 6. The van der Waals surface area contributed by atoms with Crippen LogP contribution in [0.25, 0.3) is 0 Å². The van der Waals surface area contributed by atoms with Crippen molar-refractivity contribution in [2.45, 2.75) is 12.1 Å². The lowest BCUT2D eigenvalue weighted by atomic mass is 10.0. The number of benzene rings is 1. The molecule has 2 heterocycles. The molecule has 0 bridgehead atoms. The molecule has 2 aliphatic heterocycles. The minimum Gasteiger partial charge on any atom is -0.375 e. The second-order valence-corrected chi connectivity index (χ2v) is 8.58. The number of amides is 2. The Morgan fingerprint density at radius 1 is 1.04 bits per heavy atom. The molecule has 140 valence electrons. The number of piperazine rings is 1. The molecule has 2 atom stereocenters. The third-order valence-corrected chi connectivity index (χ3v) is 6.45. The maximum absolute atomic E-state index is 12.7. The molecule has 0 N–H and O–H groups in total. The molecule has 8 nitrogen and oxygen atoms in total. The van der Waals surface area contributed by atoms with Crippen molar-refractivity contribution in [3.63, 3.8) is 0 Å². The standard InChI is InChI=1S/C17H20N2O6S/c1-25-9-15(20)18-7-8-19(14-11-26(23,24)10-13(14)18)17(22)16(21)12-5-3-2-4-6-12/h2-6,13-14H,7-11H2,1H3/t13-,14+/m1/s1. The molecule has 0 radical (unpaired) electrons. The number of carbonyl (C=O) groups excluding carboxylic acids is 3. The summed E-state index contributed by atoms with van der Waals surface area (Å²) in [6.45, 7) is 0.135. The van der Waals surface area contributed by atoms with Gasteiger partial charge < -0.3 is 14.5 Å². The number of rotatable bonds is 4. The Labute approximate surface area is 151 Å². The molecule has 0 spiro atoms. The van der Waals surface area contributed by atoms with Crippen LogP contribution in [0.5, 0.6) is 0 Å². The van der Waals surface area contributed by atoms with E-state index in [1.54, 1.807) is 30.3 Å². The van der Waals surface area contributed by atoms with E-state index in [2.05, 4.69) is 0 Å². The largest absolute Gasteiger partial charge is 0.375 e. The van der Waals surface area contributed by atoms with Crippen molar-refractivity contribution in [3.05, 3.63) is 35.9 Å².